The van der Waals surface area contributed by atoms with Crippen LogP contribution in [0.5, 0.6) is 5.75 Å². The van der Waals surface area contributed by atoms with Crippen molar-refractivity contribution in [3.8, 4) is 16.9 Å². The lowest BCUT2D eigenvalue weighted by molar-refractivity contribution is 0.0734. The zero-order valence-corrected chi connectivity index (χ0v) is 24.1. The van der Waals surface area contributed by atoms with Gasteiger partial charge in [0.05, 0.1) is 5.56 Å². The molecule has 0 spiro atoms. The molecule has 0 heterocycles. The highest BCUT2D eigenvalue weighted by Gasteiger charge is 2.10. The van der Waals surface area contributed by atoms with Crippen LogP contribution in [0, 0.1) is 5.82 Å². The molecule has 1 atom stereocenters. The summed E-state index contributed by atoms with van der Waals surface area (Å²) in [6, 6.07) is 38.9. The van der Waals surface area contributed by atoms with Crippen molar-refractivity contribution in [3.05, 3.63) is 161 Å². The minimum Gasteiger partial charge on any atom is -0.423 e. The average Bonchev–Trinajstić information content (AvgIpc) is 3.02. The van der Waals surface area contributed by atoms with E-state index >= 15 is 4.39 Å². The van der Waals surface area contributed by atoms with Gasteiger partial charge in [-0.2, -0.15) is 0 Å². The van der Waals surface area contributed by atoms with E-state index in [9.17, 15) is 4.79 Å². The number of halogens is 1. The van der Waals surface area contributed by atoms with Gasteiger partial charge in [-0.3, -0.25) is 0 Å². The molecule has 2 nitrogen and oxygen atoms in total. The molecule has 0 saturated carbocycles. The first kappa shape index (κ1) is 28.8. The molecule has 5 aromatic rings. The highest BCUT2D eigenvalue weighted by atomic mass is 19.1. The molecule has 210 valence electrons. The zero-order valence-electron chi connectivity index (χ0n) is 24.1. The zero-order chi connectivity index (χ0) is 29.3. The minimum atomic E-state index is -0.408. The van der Waals surface area contributed by atoms with Crippen molar-refractivity contribution >= 4 is 18.1 Å². The van der Waals surface area contributed by atoms with Crippen LogP contribution < -0.4 is 4.74 Å². The largest absolute Gasteiger partial charge is 0.423 e. The van der Waals surface area contributed by atoms with Crippen molar-refractivity contribution in [1.29, 1.82) is 0 Å². The SMILES string of the molecule is CCCc1ccc(OC(=O)c2ccc(/C=C/c3ccc(-c4ccc(CC(C)c5ccccc5)cc4)cc3F)cc2)cc1. The van der Waals surface area contributed by atoms with Crippen LogP contribution in [0.15, 0.2) is 121 Å². The summed E-state index contributed by atoms with van der Waals surface area (Å²) >= 11 is 0. The minimum absolute atomic E-state index is 0.282. The smallest absolute Gasteiger partial charge is 0.343 e. The van der Waals surface area contributed by atoms with Gasteiger partial charge in [0.15, 0.2) is 0 Å². The maximum atomic E-state index is 15.0. The van der Waals surface area contributed by atoms with Gasteiger partial charge >= 0.3 is 5.97 Å². The first-order valence-electron chi connectivity index (χ1n) is 14.5. The molecule has 0 N–H and O–H groups in total. The highest BCUT2D eigenvalue weighted by Crippen LogP contribution is 2.26. The van der Waals surface area contributed by atoms with Crippen molar-refractivity contribution in [1.82, 2.24) is 0 Å². The van der Waals surface area contributed by atoms with Crippen molar-refractivity contribution < 1.29 is 13.9 Å². The van der Waals surface area contributed by atoms with E-state index in [1.165, 1.54) is 16.7 Å². The summed E-state index contributed by atoms with van der Waals surface area (Å²) in [5.74, 6) is 0.264. The molecule has 1 unspecified atom stereocenters. The number of rotatable bonds is 10. The third-order valence-corrected chi connectivity index (χ3v) is 7.47. The predicted molar refractivity (Wildman–Crippen MR) is 171 cm³/mol. The number of aryl methyl sites for hydroxylation is 1. The molecule has 0 aliphatic heterocycles. The monoisotopic (exact) mass is 554 g/mol. The van der Waals surface area contributed by atoms with Crippen LogP contribution in [0.25, 0.3) is 23.3 Å². The lowest BCUT2D eigenvalue weighted by Gasteiger charge is -2.12. The maximum Gasteiger partial charge on any atom is 0.343 e. The van der Waals surface area contributed by atoms with Gasteiger partial charge in [0.25, 0.3) is 0 Å². The number of carbonyl (C=O) groups is 1. The van der Waals surface area contributed by atoms with E-state index in [0.29, 0.717) is 22.8 Å². The molecule has 0 bridgehead atoms. The van der Waals surface area contributed by atoms with Crippen LogP contribution in [-0.4, -0.2) is 5.97 Å². The first-order chi connectivity index (χ1) is 20.5. The summed E-state index contributed by atoms with van der Waals surface area (Å²) in [5, 5.41) is 0. The second kappa shape index (κ2) is 13.7. The highest BCUT2D eigenvalue weighted by molar-refractivity contribution is 5.91. The Hall–Kier alpha value is -4.76. The number of benzene rings is 5. The van der Waals surface area contributed by atoms with Crippen LogP contribution in [-0.2, 0) is 12.8 Å². The van der Waals surface area contributed by atoms with Gasteiger partial charge in [0, 0.05) is 5.56 Å². The molecule has 5 rings (SSSR count). The van der Waals surface area contributed by atoms with Gasteiger partial charge < -0.3 is 4.74 Å². The molecule has 3 heteroatoms. The summed E-state index contributed by atoms with van der Waals surface area (Å²) in [4.78, 5) is 12.5. The summed E-state index contributed by atoms with van der Waals surface area (Å²) in [6.07, 6.45) is 6.61. The quantitative estimate of drug-likeness (QED) is 0.0975. The van der Waals surface area contributed by atoms with Crippen LogP contribution in [0.2, 0.25) is 0 Å². The van der Waals surface area contributed by atoms with Gasteiger partial charge in [0.1, 0.15) is 11.6 Å². The van der Waals surface area contributed by atoms with E-state index in [-0.39, 0.29) is 5.82 Å². The van der Waals surface area contributed by atoms with Crippen LogP contribution >= 0.6 is 0 Å². The van der Waals surface area contributed by atoms with E-state index in [0.717, 1.165) is 36.0 Å². The summed E-state index contributed by atoms with van der Waals surface area (Å²) in [6.45, 7) is 4.37. The van der Waals surface area contributed by atoms with Crippen LogP contribution in [0.1, 0.15) is 64.4 Å². The number of carbonyl (C=O) groups excluding carboxylic acids is 1. The van der Waals surface area contributed by atoms with E-state index in [1.54, 1.807) is 30.3 Å². The van der Waals surface area contributed by atoms with Crippen LogP contribution in [0.3, 0.4) is 0 Å². The van der Waals surface area contributed by atoms with E-state index < -0.39 is 5.97 Å². The Labute approximate surface area is 248 Å². The summed E-state index contributed by atoms with van der Waals surface area (Å²) < 4.78 is 20.5. The number of hydrogen-bond donors (Lipinski definition) is 0. The van der Waals surface area contributed by atoms with Gasteiger partial charge in [-0.15, -0.1) is 0 Å². The van der Waals surface area contributed by atoms with Crippen molar-refractivity contribution in [2.45, 2.75) is 39.0 Å². The Kier molecular flexibility index (Phi) is 9.41. The fourth-order valence-electron chi connectivity index (χ4n) is 5.02. The number of ether oxygens (including phenoxy) is 1. The predicted octanol–water partition coefficient (Wildman–Crippen LogP) is 10.2. The van der Waals surface area contributed by atoms with Crippen molar-refractivity contribution in [3.63, 3.8) is 0 Å². The fourth-order valence-corrected chi connectivity index (χ4v) is 5.02. The molecule has 0 amide bonds. The Bertz CT molecular complexity index is 1630. The summed E-state index contributed by atoms with van der Waals surface area (Å²) in [7, 11) is 0. The third kappa shape index (κ3) is 7.50. The van der Waals surface area contributed by atoms with E-state index in [1.807, 2.05) is 54.6 Å². The molecule has 0 fully saturated rings. The lowest BCUT2D eigenvalue weighted by atomic mass is 9.93. The fraction of sp³-hybridized carbons (Fsp3) is 0.154. The normalized spacial score (nSPS) is 11.9. The molecular formula is C39H35FO2. The van der Waals surface area contributed by atoms with Gasteiger partial charge in [0.2, 0.25) is 0 Å². The lowest BCUT2D eigenvalue weighted by Crippen LogP contribution is -2.08. The number of hydrogen-bond acceptors (Lipinski definition) is 2. The first-order valence-corrected chi connectivity index (χ1v) is 14.5. The van der Waals surface area contributed by atoms with E-state index in [2.05, 4.69) is 62.4 Å². The van der Waals surface area contributed by atoms with Crippen LogP contribution in [0.4, 0.5) is 4.39 Å². The molecular weight excluding hydrogens is 519 g/mol. The Morgan fingerprint density at radius 3 is 2.10 bits per heavy atom. The van der Waals surface area contributed by atoms with Gasteiger partial charge in [-0.25, -0.2) is 9.18 Å². The summed E-state index contributed by atoms with van der Waals surface area (Å²) in [5.41, 5.74) is 7.46. The Balaban J connectivity index is 1.18. The van der Waals surface area contributed by atoms with Gasteiger partial charge in [-0.1, -0.05) is 123 Å². The van der Waals surface area contributed by atoms with E-state index in [4.69, 9.17) is 4.74 Å². The standard InChI is InChI=1S/C39H35FO2/c1-3-7-29-15-24-37(25-16-29)42-39(41)35-20-11-30(12-21-35)10-19-34-22-23-36(27-38(34)40)33-17-13-31(14-18-33)26-28(2)32-8-5-4-6-9-32/h4-6,8-25,27-28H,3,7,26H2,1-2H3/b19-10+. The molecule has 42 heavy (non-hydrogen) atoms. The second-order valence-corrected chi connectivity index (χ2v) is 10.7. The number of esters is 1. The molecule has 0 aliphatic carbocycles. The average molecular weight is 555 g/mol. The topological polar surface area (TPSA) is 26.3 Å². The van der Waals surface area contributed by atoms with Gasteiger partial charge in [-0.05, 0) is 82.5 Å². The molecule has 0 radical (unpaired) electrons. The molecule has 0 aliphatic rings. The second-order valence-electron chi connectivity index (χ2n) is 10.7. The maximum absolute atomic E-state index is 15.0. The third-order valence-electron chi connectivity index (χ3n) is 7.47. The molecule has 0 aromatic heterocycles. The van der Waals surface area contributed by atoms with Crippen molar-refractivity contribution in [2.75, 3.05) is 0 Å². The molecule has 0 saturated heterocycles. The van der Waals surface area contributed by atoms with Crippen molar-refractivity contribution in [2.24, 2.45) is 0 Å². The molecule has 5 aromatic carbocycles. The Morgan fingerprint density at radius 2 is 1.43 bits per heavy atom. The Morgan fingerprint density at radius 1 is 0.762 bits per heavy atom.